The Balaban J connectivity index is 2.00. The molecule has 0 spiro atoms. The molecule has 142 valence electrons. The van der Waals surface area contributed by atoms with Gasteiger partial charge in [0.2, 0.25) is 5.78 Å². The third kappa shape index (κ3) is 3.21. The van der Waals surface area contributed by atoms with Crippen LogP contribution in [0.15, 0.2) is 48.5 Å². The zero-order valence-corrected chi connectivity index (χ0v) is 16.9. The fraction of sp³-hybridized carbons (Fsp3) is 0.0455. The van der Waals surface area contributed by atoms with Crippen molar-refractivity contribution < 1.29 is 4.79 Å². The van der Waals surface area contributed by atoms with Gasteiger partial charge in [0.15, 0.2) is 0 Å². The van der Waals surface area contributed by atoms with Crippen LogP contribution in [0.2, 0.25) is 5.02 Å². The van der Waals surface area contributed by atoms with Gasteiger partial charge in [-0.05, 0) is 36.8 Å². The number of nitrogens with two attached hydrogens (primary N) is 2. The van der Waals surface area contributed by atoms with Crippen molar-refractivity contribution in [1.82, 2.24) is 4.98 Å². The number of nitriles is 1. The van der Waals surface area contributed by atoms with E-state index in [4.69, 9.17) is 23.1 Å². The fourth-order valence-electron chi connectivity index (χ4n) is 3.19. The van der Waals surface area contributed by atoms with Crippen molar-refractivity contribution >= 4 is 50.4 Å². The van der Waals surface area contributed by atoms with Gasteiger partial charge in [-0.3, -0.25) is 4.79 Å². The predicted octanol–water partition coefficient (Wildman–Crippen LogP) is 5.19. The summed E-state index contributed by atoms with van der Waals surface area (Å²) in [6.07, 6.45) is 0. The highest BCUT2D eigenvalue weighted by Gasteiger charge is 2.24. The van der Waals surface area contributed by atoms with E-state index in [2.05, 4.69) is 11.1 Å². The largest absolute Gasteiger partial charge is 0.397 e. The van der Waals surface area contributed by atoms with Gasteiger partial charge in [-0.25, -0.2) is 4.98 Å². The first kappa shape index (κ1) is 18.9. The third-order valence-corrected chi connectivity index (χ3v) is 6.02. The molecule has 0 amide bonds. The molecule has 4 aromatic rings. The quantitative estimate of drug-likeness (QED) is 0.445. The van der Waals surface area contributed by atoms with Crippen LogP contribution in [-0.4, -0.2) is 10.8 Å². The Bertz CT molecular complexity index is 1300. The van der Waals surface area contributed by atoms with E-state index in [9.17, 15) is 10.1 Å². The minimum absolute atomic E-state index is 0.113. The topological polar surface area (TPSA) is 106 Å². The Hall–Kier alpha value is -3.40. The number of thiophene rings is 1. The maximum atomic E-state index is 13.0. The average molecular weight is 419 g/mol. The van der Waals surface area contributed by atoms with E-state index >= 15 is 0 Å². The lowest BCUT2D eigenvalue weighted by Gasteiger charge is -2.10. The number of aromatic nitrogens is 1. The highest BCUT2D eigenvalue weighted by molar-refractivity contribution is 7.21. The molecule has 4 N–H and O–H groups in total. The number of halogens is 1. The molecular formula is C22H15ClN4OS. The van der Waals surface area contributed by atoms with Gasteiger partial charge in [-0.15, -0.1) is 11.3 Å². The second-order valence-corrected chi connectivity index (χ2v) is 8.02. The van der Waals surface area contributed by atoms with Crippen LogP contribution < -0.4 is 11.5 Å². The van der Waals surface area contributed by atoms with Crippen LogP contribution >= 0.6 is 22.9 Å². The average Bonchev–Trinajstić information content (AvgIpc) is 3.03. The number of nitrogen functional groups attached to an aromatic ring is 2. The molecule has 29 heavy (non-hydrogen) atoms. The molecular weight excluding hydrogens is 404 g/mol. The van der Waals surface area contributed by atoms with Crippen LogP contribution in [0.1, 0.15) is 26.4 Å². The van der Waals surface area contributed by atoms with Crippen molar-refractivity contribution in [2.24, 2.45) is 0 Å². The summed E-state index contributed by atoms with van der Waals surface area (Å²) in [7, 11) is 0. The Kier molecular flexibility index (Phi) is 4.71. The van der Waals surface area contributed by atoms with Crippen molar-refractivity contribution in [1.29, 1.82) is 5.26 Å². The number of aryl methyl sites for hydroxylation is 1. The molecule has 0 aliphatic carbocycles. The molecule has 2 aromatic carbocycles. The van der Waals surface area contributed by atoms with Gasteiger partial charge in [0.05, 0.1) is 5.69 Å². The van der Waals surface area contributed by atoms with E-state index in [1.165, 1.54) is 11.3 Å². The number of nitrogens with zero attached hydrogens (tertiary/aromatic N) is 2. The van der Waals surface area contributed by atoms with Crippen molar-refractivity contribution in [3.8, 4) is 17.2 Å². The van der Waals surface area contributed by atoms with Gasteiger partial charge in [-0.2, -0.15) is 5.26 Å². The molecule has 0 saturated carbocycles. The minimum Gasteiger partial charge on any atom is -0.397 e. The lowest BCUT2D eigenvalue weighted by molar-refractivity contribution is 0.104. The molecule has 4 rings (SSSR count). The molecule has 0 radical (unpaired) electrons. The summed E-state index contributed by atoms with van der Waals surface area (Å²) < 4.78 is 0. The Morgan fingerprint density at radius 3 is 2.38 bits per heavy atom. The van der Waals surface area contributed by atoms with Gasteiger partial charge in [-0.1, -0.05) is 41.4 Å². The highest BCUT2D eigenvalue weighted by atomic mass is 35.5. The third-order valence-electron chi connectivity index (χ3n) is 4.67. The molecule has 5 nitrogen and oxygen atoms in total. The summed E-state index contributed by atoms with van der Waals surface area (Å²) in [5.41, 5.74) is 16.0. The Labute approximate surface area is 176 Å². The second-order valence-electron chi connectivity index (χ2n) is 6.59. The van der Waals surface area contributed by atoms with Crippen LogP contribution in [0, 0.1) is 18.3 Å². The number of hydrogen-bond acceptors (Lipinski definition) is 6. The van der Waals surface area contributed by atoms with E-state index in [-0.39, 0.29) is 17.2 Å². The molecule has 0 fully saturated rings. The molecule has 0 aliphatic rings. The summed E-state index contributed by atoms with van der Waals surface area (Å²) in [4.78, 5) is 18.3. The van der Waals surface area contributed by atoms with Gasteiger partial charge >= 0.3 is 0 Å². The second kappa shape index (κ2) is 7.21. The number of rotatable bonds is 3. The lowest BCUT2D eigenvalue weighted by Crippen LogP contribution is -2.02. The van der Waals surface area contributed by atoms with E-state index in [1.807, 2.05) is 31.2 Å². The van der Waals surface area contributed by atoms with Gasteiger partial charge in [0, 0.05) is 21.5 Å². The number of benzene rings is 2. The van der Waals surface area contributed by atoms with Crippen molar-refractivity contribution in [2.75, 3.05) is 11.5 Å². The molecule has 0 aliphatic heterocycles. The van der Waals surface area contributed by atoms with Gasteiger partial charge in [0.25, 0.3) is 0 Å². The van der Waals surface area contributed by atoms with Crippen LogP contribution in [0.3, 0.4) is 0 Å². The zero-order chi connectivity index (χ0) is 20.7. The molecule has 7 heteroatoms. The zero-order valence-electron chi connectivity index (χ0n) is 15.4. The summed E-state index contributed by atoms with van der Waals surface area (Å²) in [6, 6.07) is 16.4. The minimum atomic E-state index is -0.228. The van der Waals surface area contributed by atoms with E-state index in [1.54, 1.807) is 24.3 Å². The monoisotopic (exact) mass is 418 g/mol. The predicted molar refractivity (Wildman–Crippen MR) is 118 cm³/mol. The fourth-order valence-corrected chi connectivity index (χ4v) is 4.39. The van der Waals surface area contributed by atoms with Crippen LogP contribution in [0.25, 0.3) is 21.3 Å². The highest BCUT2D eigenvalue weighted by Crippen LogP contribution is 2.43. The number of carbonyl (C=O) groups excluding carboxylic acids is 1. The number of fused-ring (bicyclic) bond motifs is 1. The normalized spacial score (nSPS) is 10.8. The van der Waals surface area contributed by atoms with Crippen LogP contribution in [0.5, 0.6) is 0 Å². The molecule has 2 aromatic heterocycles. The first-order valence-electron chi connectivity index (χ1n) is 8.69. The van der Waals surface area contributed by atoms with Crippen molar-refractivity contribution in [3.63, 3.8) is 0 Å². The molecule has 0 atom stereocenters. The smallest absolute Gasteiger partial charge is 0.205 e. The molecule has 0 saturated heterocycles. The number of carbonyl (C=O) groups is 1. The first-order chi connectivity index (χ1) is 13.9. The van der Waals surface area contributed by atoms with Crippen molar-refractivity contribution in [3.05, 3.63) is 75.1 Å². The van der Waals surface area contributed by atoms with Crippen LogP contribution in [0.4, 0.5) is 11.5 Å². The van der Waals surface area contributed by atoms with E-state index in [0.717, 1.165) is 11.1 Å². The number of ketones is 1. The summed E-state index contributed by atoms with van der Waals surface area (Å²) in [6.45, 7) is 1.98. The van der Waals surface area contributed by atoms with Gasteiger partial charge < -0.3 is 11.5 Å². The maximum Gasteiger partial charge on any atom is 0.205 e. The van der Waals surface area contributed by atoms with E-state index < -0.39 is 0 Å². The Morgan fingerprint density at radius 2 is 1.76 bits per heavy atom. The number of pyridine rings is 1. The Morgan fingerprint density at radius 1 is 1.10 bits per heavy atom. The first-order valence-corrected chi connectivity index (χ1v) is 9.89. The summed E-state index contributed by atoms with van der Waals surface area (Å²) in [5.74, 6) is -0.114. The van der Waals surface area contributed by atoms with Crippen molar-refractivity contribution in [2.45, 2.75) is 6.92 Å². The lowest BCUT2D eigenvalue weighted by atomic mass is 9.96. The van der Waals surface area contributed by atoms with Crippen LogP contribution in [-0.2, 0) is 0 Å². The SMILES string of the molecule is Cc1ccc(-c2c(C#N)c(N)nc3sc(C(=O)c4ccc(Cl)cc4)c(N)c23)cc1. The summed E-state index contributed by atoms with van der Waals surface area (Å²) in [5, 5.41) is 10.8. The molecule has 0 bridgehead atoms. The van der Waals surface area contributed by atoms with E-state index in [0.29, 0.717) is 36.9 Å². The molecule has 0 unspecified atom stereocenters. The maximum absolute atomic E-state index is 13.0. The van der Waals surface area contributed by atoms with Gasteiger partial charge in [0.1, 0.15) is 27.2 Å². The standard InChI is InChI=1S/C22H15ClN4OS/c1-11-2-4-12(5-3-11)16-15(10-24)21(26)27-22-17(16)18(25)20(29-22)19(28)13-6-8-14(23)9-7-13/h2-9H,25H2,1H3,(H2,26,27). The number of hydrogen-bond donors (Lipinski definition) is 2. The number of anilines is 2. The summed E-state index contributed by atoms with van der Waals surface area (Å²) >= 11 is 7.09. The molecule has 2 heterocycles.